The quantitative estimate of drug-likeness (QED) is 0.793. The van der Waals surface area contributed by atoms with Gasteiger partial charge in [-0.05, 0) is 37.9 Å². The Balaban J connectivity index is 1.88. The fraction of sp³-hybridized carbons (Fsp3) is 0.583. The Kier molecular flexibility index (Phi) is 4.13. The maximum absolute atomic E-state index is 5.80. The molecule has 0 unspecified atom stereocenters. The van der Waals surface area contributed by atoms with Crippen LogP contribution >= 0.6 is 0 Å². The molecule has 3 N–H and O–H groups in total. The number of piperidine rings is 1. The minimum atomic E-state index is 0.504. The molecule has 4 nitrogen and oxygen atoms in total. The summed E-state index contributed by atoms with van der Waals surface area (Å²) in [6.07, 6.45) is 5.89. The summed E-state index contributed by atoms with van der Waals surface area (Å²) in [7, 11) is 0. The monoisotopic (exact) mass is 221 g/mol. The van der Waals surface area contributed by atoms with Crippen molar-refractivity contribution in [3.05, 3.63) is 24.0 Å². The van der Waals surface area contributed by atoms with Gasteiger partial charge in [-0.3, -0.25) is 4.98 Å². The SMILES string of the molecule is NCc1ccncc1OCC1CCNCC1. The largest absolute Gasteiger partial charge is 0.491 e. The predicted molar refractivity (Wildman–Crippen MR) is 63.2 cm³/mol. The molecular weight excluding hydrogens is 202 g/mol. The number of nitrogens with zero attached hydrogens (tertiary/aromatic N) is 1. The average molecular weight is 221 g/mol. The lowest BCUT2D eigenvalue weighted by Crippen LogP contribution is -2.30. The maximum Gasteiger partial charge on any atom is 0.142 e. The first-order valence-electron chi connectivity index (χ1n) is 5.86. The third-order valence-corrected chi connectivity index (χ3v) is 3.02. The van der Waals surface area contributed by atoms with E-state index in [2.05, 4.69) is 10.3 Å². The molecule has 1 aliphatic rings. The number of hydrogen-bond donors (Lipinski definition) is 2. The van der Waals surface area contributed by atoms with E-state index in [1.54, 1.807) is 12.4 Å². The summed E-state index contributed by atoms with van der Waals surface area (Å²) < 4.78 is 5.80. The van der Waals surface area contributed by atoms with Crippen molar-refractivity contribution in [1.82, 2.24) is 10.3 Å². The van der Waals surface area contributed by atoms with Crippen LogP contribution in [0.15, 0.2) is 18.5 Å². The molecule has 0 aliphatic carbocycles. The molecule has 0 aromatic carbocycles. The predicted octanol–water partition coefficient (Wildman–Crippen LogP) is 0.919. The van der Waals surface area contributed by atoms with E-state index in [1.807, 2.05) is 6.07 Å². The molecule has 2 heterocycles. The summed E-state index contributed by atoms with van der Waals surface area (Å²) in [5, 5.41) is 3.35. The molecule has 16 heavy (non-hydrogen) atoms. The molecule has 0 atom stereocenters. The van der Waals surface area contributed by atoms with Crippen LogP contribution in [-0.2, 0) is 6.54 Å². The fourth-order valence-corrected chi connectivity index (χ4v) is 1.96. The lowest BCUT2D eigenvalue weighted by atomic mass is 9.99. The van der Waals surface area contributed by atoms with Crippen LogP contribution in [0.2, 0.25) is 0 Å². The van der Waals surface area contributed by atoms with E-state index >= 15 is 0 Å². The Morgan fingerprint density at radius 3 is 3.00 bits per heavy atom. The molecule has 0 amide bonds. The standard InChI is InChI=1S/C12H19N3O/c13-7-11-3-6-15-8-12(11)16-9-10-1-4-14-5-2-10/h3,6,8,10,14H,1-2,4-5,7,9,13H2. The zero-order chi connectivity index (χ0) is 11.2. The number of aromatic nitrogens is 1. The molecule has 88 valence electrons. The third-order valence-electron chi connectivity index (χ3n) is 3.02. The minimum absolute atomic E-state index is 0.504. The van der Waals surface area contributed by atoms with Gasteiger partial charge in [0.15, 0.2) is 0 Å². The van der Waals surface area contributed by atoms with Crippen molar-refractivity contribution in [1.29, 1.82) is 0 Å². The molecule has 1 aromatic heterocycles. The Morgan fingerprint density at radius 2 is 2.25 bits per heavy atom. The van der Waals surface area contributed by atoms with E-state index in [0.717, 1.165) is 31.0 Å². The number of ether oxygens (including phenoxy) is 1. The van der Waals surface area contributed by atoms with Crippen molar-refractivity contribution in [2.24, 2.45) is 11.7 Å². The highest BCUT2D eigenvalue weighted by Gasteiger charge is 2.14. The van der Waals surface area contributed by atoms with Crippen LogP contribution in [0.25, 0.3) is 0 Å². The van der Waals surface area contributed by atoms with Crippen LogP contribution in [0.4, 0.5) is 0 Å². The van der Waals surface area contributed by atoms with Gasteiger partial charge in [-0.2, -0.15) is 0 Å². The maximum atomic E-state index is 5.80. The van der Waals surface area contributed by atoms with Gasteiger partial charge in [-0.1, -0.05) is 0 Å². The van der Waals surface area contributed by atoms with Crippen LogP contribution in [0, 0.1) is 5.92 Å². The Hall–Kier alpha value is -1.13. The zero-order valence-electron chi connectivity index (χ0n) is 9.48. The molecule has 0 saturated carbocycles. The van der Waals surface area contributed by atoms with Crippen LogP contribution in [-0.4, -0.2) is 24.7 Å². The van der Waals surface area contributed by atoms with Crippen molar-refractivity contribution in [2.75, 3.05) is 19.7 Å². The Labute approximate surface area is 96.2 Å². The molecule has 4 heteroatoms. The summed E-state index contributed by atoms with van der Waals surface area (Å²) in [4.78, 5) is 4.06. The molecule has 1 fully saturated rings. The summed E-state index contributed by atoms with van der Waals surface area (Å²) in [5.41, 5.74) is 6.67. The fourth-order valence-electron chi connectivity index (χ4n) is 1.96. The molecule has 0 spiro atoms. The highest BCUT2D eigenvalue weighted by molar-refractivity contribution is 5.29. The molecule has 1 aliphatic heterocycles. The number of hydrogen-bond acceptors (Lipinski definition) is 4. The first kappa shape index (κ1) is 11.4. The van der Waals surface area contributed by atoms with Gasteiger partial charge in [0.2, 0.25) is 0 Å². The summed E-state index contributed by atoms with van der Waals surface area (Å²) in [6, 6.07) is 1.91. The van der Waals surface area contributed by atoms with Gasteiger partial charge < -0.3 is 15.8 Å². The second-order valence-electron chi connectivity index (χ2n) is 4.19. The van der Waals surface area contributed by atoms with E-state index < -0.39 is 0 Å². The van der Waals surface area contributed by atoms with E-state index in [0.29, 0.717) is 12.5 Å². The smallest absolute Gasteiger partial charge is 0.142 e. The van der Waals surface area contributed by atoms with Crippen LogP contribution in [0.3, 0.4) is 0 Å². The highest BCUT2D eigenvalue weighted by Crippen LogP contribution is 2.18. The van der Waals surface area contributed by atoms with Gasteiger partial charge in [0.05, 0.1) is 12.8 Å². The van der Waals surface area contributed by atoms with Gasteiger partial charge in [-0.15, -0.1) is 0 Å². The van der Waals surface area contributed by atoms with E-state index in [1.165, 1.54) is 12.8 Å². The van der Waals surface area contributed by atoms with E-state index in [9.17, 15) is 0 Å². The van der Waals surface area contributed by atoms with Gasteiger partial charge in [0.25, 0.3) is 0 Å². The summed E-state index contributed by atoms with van der Waals surface area (Å²) in [6.45, 7) is 3.49. The first-order chi connectivity index (χ1) is 7.90. The zero-order valence-corrected chi connectivity index (χ0v) is 9.48. The normalized spacial score (nSPS) is 17.3. The van der Waals surface area contributed by atoms with Gasteiger partial charge in [0, 0.05) is 18.3 Å². The summed E-state index contributed by atoms with van der Waals surface area (Å²) in [5.74, 6) is 1.50. The molecule has 2 rings (SSSR count). The highest BCUT2D eigenvalue weighted by atomic mass is 16.5. The van der Waals surface area contributed by atoms with Crippen molar-refractivity contribution < 1.29 is 4.74 Å². The van der Waals surface area contributed by atoms with Crippen molar-refractivity contribution >= 4 is 0 Å². The number of rotatable bonds is 4. The average Bonchev–Trinajstić information content (AvgIpc) is 2.38. The lowest BCUT2D eigenvalue weighted by Gasteiger charge is -2.23. The summed E-state index contributed by atoms with van der Waals surface area (Å²) >= 11 is 0. The van der Waals surface area contributed by atoms with Crippen molar-refractivity contribution in [3.63, 3.8) is 0 Å². The van der Waals surface area contributed by atoms with E-state index in [-0.39, 0.29) is 0 Å². The Morgan fingerprint density at radius 1 is 1.44 bits per heavy atom. The molecule has 0 bridgehead atoms. The number of pyridine rings is 1. The van der Waals surface area contributed by atoms with Crippen LogP contribution in [0.5, 0.6) is 5.75 Å². The van der Waals surface area contributed by atoms with Crippen LogP contribution < -0.4 is 15.8 Å². The topological polar surface area (TPSA) is 60.2 Å². The minimum Gasteiger partial charge on any atom is -0.491 e. The van der Waals surface area contributed by atoms with Gasteiger partial charge in [0.1, 0.15) is 5.75 Å². The molecule has 1 aromatic rings. The number of nitrogens with two attached hydrogens (primary N) is 1. The van der Waals surface area contributed by atoms with Crippen LogP contribution in [0.1, 0.15) is 18.4 Å². The number of nitrogens with one attached hydrogen (secondary N) is 1. The molecule has 1 saturated heterocycles. The Bertz CT molecular complexity index is 324. The third kappa shape index (κ3) is 2.93. The molecular formula is C12H19N3O. The lowest BCUT2D eigenvalue weighted by molar-refractivity contribution is 0.213. The second-order valence-corrected chi connectivity index (χ2v) is 4.19. The van der Waals surface area contributed by atoms with Crippen molar-refractivity contribution in [2.45, 2.75) is 19.4 Å². The van der Waals surface area contributed by atoms with Gasteiger partial charge in [-0.25, -0.2) is 0 Å². The van der Waals surface area contributed by atoms with E-state index in [4.69, 9.17) is 10.5 Å². The second kappa shape index (κ2) is 5.82. The molecule has 0 radical (unpaired) electrons. The van der Waals surface area contributed by atoms with Gasteiger partial charge >= 0.3 is 0 Å². The van der Waals surface area contributed by atoms with Crippen molar-refractivity contribution in [3.8, 4) is 5.75 Å². The first-order valence-corrected chi connectivity index (χ1v) is 5.86.